The monoisotopic (exact) mass is 357 g/mol. The molecule has 0 spiro atoms. The number of rotatable bonds is 1. The molecule has 0 aliphatic carbocycles. The Morgan fingerprint density at radius 1 is 1.21 bits per heavy atom. The van der Waals surface area contributed by atoms with Crippen molar-refractivity contribution in [3.8, 4) is 10.8 Å². The summed E-state index contributed by atoms with van der Waals surface area (Å²) >= 11 is 15.2. The van der Waals surface area contributed by atoms with Crippen LogP contribution in [0.5, 0.6) is 0 Å². The van der Waals surface area contributed by atoms with Crippen LogP contribution in [0.3, 0.4) is 0 Å². The molecule has 0 amide bonds. The summed E-state index contributed by atoms with van der Waals surface area (Å²) in [5.74, 6) is 0.468. The van der Waals surface area contributed by atoms with Gasteiger partial charge in [0.1, 0.15) is 10.3 Å². The van der Waals surface area contributed by atoms with Crippen LogP contribution in [0.25, 0.3) is 10.8 Å². The smallest absolute Gasteiger partial charge is 0.191 e. The summed E-state index contributed by atoms with van der Waals surface area (Å²) < 4.78 is 0.659. The lowest BCUT2D eigenvalue weighted by Crippen LogP contribution is -1.93. The fourth-order valence-corrected chi connectivity index (χ4v) is 2.02. The third-order valence-corrected chi connectivity index (χ3v) is 4.37. The van der Waals surface area contributed by atoms with E-state index in [1.807, 2.05) is 28.0 Å². The topological polar surface area (TPSA) is 38.7 Å². The Hall–Kier alpha value is 0.0200. The molecule has 2 aromatic heterocycles. The van der Waals surface area contributed by atoms with Crippen LogP contribution in [0.15, 0.2) is 11.6 Å². The lowest BCUT2D eigenvalue weighted by atomic mass is 10.6. The minimum atomic E-state index is 0.357. The zero-order valence-corrected chi connectivity index (χ0v) is 11.0. The van der Waals surface area contributed by atoms with Gasteiger partial charge in [-0.2, -0.15) is 0 Å². The van der Waals surface area contributed by atoms with Gasteiger partial charge in [0.25, 0.3) is 0 Å². The fraction of sp³-hybridized carbons (Fsp3) is 0. The van der Waals surface area contributed by atoms with Crippen LogP contribution in [-0.2, 0) is 0 Å². The highest BCUT2D eigenvalue weighted by atomic mass is 127. The number of halogens is 3. The first-order chi connectivity index (χ1) is 6.68. The van der Waals surface area contributed by atoms with E-state index in [4.69, 9.17) is 23.2 Å². The first kappa shape index (κ1) is 10.5. The van der Waals surface area contributed by atoms with E-state index in [1.54, 1.807) is 6.20 Å². The molecule has 0 atom stereocenters. The van der Waals surface area contributed by atoms with Gasteiger partial charge in [-0.3, -0.25) is 0 Å². The van der Waals surface area contributed by atoms with Crippen LogP contribution in [0.2, 0.25) is 10.3 Å². The van der Waals surface area contributed by atoms with Gasteiger partial charge >= 0.3 is 0 Å². The maximum atomic E-state index is 5.87. The first-order valence-electron chi connectivity index (χ1n) is 3.47. The van der Waals surface area contributed by atoms with E-state index in [0.29, 0.717) is 24.7 Å². The number of thiazole rings is 1. The fourth-order valence-electron chi connectivity index (χ4n) is 0.824. The molecule has 2 aromatic rings. The van der Waals surface area contributed by atoms with E-state index in [9.17, 15) is 0 Å². The van der Waals surface area contributed by atoms with Crippen LogP contribution in [0, 0.1) is 3.57 Å². The summed E-state index contributed by atoms with van der Waals surface area (Å²) in [5.41, 5.74) is 0. The Morgan fingerprint density at radius 2 is 1.86 bits per heavy atom. The van der Waals surface area contributed by atoms with Crippen molar-refractivity contribution in [3.63, 3.8) is 0 Å². The average Bonchev–Trinajstić information content (AvgIpc) is 2.66. The van der Waals surface area contributed by atoms with Crippen LogP contribution in [0.1, 0.15) is 0 Å². The summed E-state index contributed by atoms with van der Waals surface area (Å²) in [6.45, 7) is 0. The van der Waals surface area contributed by atoms with Gasteiger partial charge in [0.05, 0.1) is 3.57 Å². The molecular formula is C7H2Cl2IN3S. The Labute approximate surface area is 108 Å². The molecule has 0 aliphatic heterocycles. The van der Waals surface area contributed by atoms with Crippen molar-refractivity contribution in [2.24, 2.45) is 0 Å². The van der Waals surface area contributed by atoms with Crippen LogP contribution >= 0.6 is 57.1 Å². The van der Waals surface area contributed by atoms with Crippen molar-refractivity contribution >= 4 is 57.1 Å². The molecule has 72 valence electrons. The van der Waals surface area contributed by atoms with Gasteiger partial charge in [-0.25, -0.2) is 15.0 Å². The van der Waals surface area contributed by atoms with E-state index in [-0.39, 0.29) is 0 Å². The van der Waals surface area contributed by atoms with Gasteiger partial charge in [0, 0.05) is 11.6 Å². The molecular weight excluding hydrogens is 356 g/mol. The van der Waals surface area contributed by atoms with Crippen LogP contribution in [0.4, 0.5) is 0 Å². The molecule has 0 radical (unpaired) electrons. The highest BCUT2D eigenvalue weighted by Gasteiger charge is 2.11. The second-order valence-electron chi connectivity index (χ2n) is 2.28. The van der Waals surface area contributed by atoms with Crippen LogP contribution < -0.4 is 0 Å². The Kier molecular flexibility index (Phi) is 3.20. The minimum Gasteiger partial charge on any atom is -0.241 e. The molecule has 7 heteroatoms. The predicted molar refractivity (Wildman–Crippen MR) is 65.9 cm³/mol. The molecule has 0 saturated heterocycles. The zero-order valence-electron chi connectivity index (χ0n) is 6.54. The third kappa shape index (κ3) is 2.00. The molecule has 0 bridgehead atoms. The maximum absolute atomic E-state index is 5.87. The maximum Gasteiger partial charge on any atom is 0.191 e. The van der Waals surface area contributed by atoms with E-state index < -0.39 is 0 Å². The zero-order chi connectivity index (χ0) is 10.1. The Morgan fingerprint density at radius 3 is 2.36 bits per heavy atom. The number of nitrogens with zero attached hydrogens (tertiary/aromatic N) is 3. The van der Waals surface area contributed by atoms with Crippen molar-refractivity contribution in [2.75, 3.05) is 0 Å². The minimum absolute atomic E-state index is 0.357. The highest BCUT2D eigenvalue weighted by molar-refractivity contribution is 14.1. The van der Waals surface area contributed by atoms with E-state index in [1.165, 1.54) is 11.3 Å². The number of hydrogen-bond donors (Lipinski definition) is 0. The highest BCUT2D eigenvalue weighted by Crippen LogP contribution is 2.27. The van der Waals surface area contributed by atoms with Gasteiger partial charge in [0.15, 0.2) is 10.8 Å². The molecule has 0 fully saturated rings. The van der Waals surface area contributed by atoms with E-state index >= 15 is 0 Å². The number of hydrogen-bond acceptors (Lipinski definition) is 4. The third-order valence-electron chi connectivity index (χ3n) is 1.39. The summed E-state index contributed by atoms with van der Waals surface area (Å²) in [4.78, 5) is 12.2. The second-order valence-corrected chi connectivity index (χ2v) is 4.97. The van der Waals surface area contributed by atoms with Gasteiger partial charge in [-0.05, 0) is 22.6 Å². The van der Waals surface area contributed by atoms with Crippen molar-refractivity contribution in [3.05, 3.63) is 25.5 Å². The molecule has 0 unspecified atom stereocenters. The number of aromatic nitrogens is 3. The molecule has 14 heavy (non-hydrogen) atoms. The van der Waals surface area contributed by atoms with Gasteiger partial charge in [-0.1, -0.05) is 23.2 Å². The average molecular weight is 358 g/mol. The Balaban J connectivity index is 2.57. The predicted octanol–water partition coefficient (Wildman–Crippen LogP) is 3.51. The van der Waals surface area contributed by atoms with Crippen molar-refractivity contribution in [1.29, 1.82) is 0 Å². The van der Waals surface area contributed by atoms with Crippen LogP contribution in [-0.4, -0.2) is 15.0 Å². The summed E-state index contributed by atoms with van der Waals surface area (Å²) in [6.07, 6.45) is 1.68. The molecule has 0 aromatic carbocycles. The Bertz CT molecular complexity index is 437. The lowest BCUT2D eigenvalue weighted by molar-refractivity contribution is 1.15. The van der Waals surface area contributed by atoms with Crippen molar-refractivity contribution in [1.82, 2.24) is 15.0 Å². The normalized spacial score (nSPS) is 10.5. The molecule has 2 rings (SSSR count). The van der Waals surface area contributed by atoms with E-state index in [2.05, 4.69) is 15.0 Å². The van der Waals surface area contributed by atoms with Gasteiger partial charge in [-0.15, -0.1) is 11.3 Å². The lowest BCUT2D eigenvalue weighted by Gasteiger charge is -2.00. The SMILES string of the molecule is Clc1nc(-c2nccs2)nc(Cl)c1I. The molecule has 0 aliphatic rings. The van der Waals surface area contributed by atoms with Gasteiger partial charge < -0.3 is 0 Å². The quantitative estimate of drug-likeness (QED) is 0.579. The second kappa shape index (κ2) is 4.26. The summed E-state index contributed by atoms with van der Waals surface area (Å²) in [5, 5.41) is 3.27. The van der Waals surface area contributed by atoms with Crippen molar-refractivity contribution in [2.45, 2.75) is 0 Å². The molecule has 0 saturated carbocycles. The van der Waals surface area contributed by atoms with Gasteiger partial charge in [0.2, 0.25) is 0 Å². The molecule has 3 nitrogen and oxygen atoms in total. The van der Waals surface area contributed by atoms with E-state index in [0.717, 1.165) is 0 Å². The molecule has 0 N–H and O–H groups in total. The standard InChI is InChI=1S/C7H2Cl2IN3S/c8-4-3(10)5(9)13-6(12-4)7-11-1-2-14-7/h1-2H. The summed E-state index contributed by atoms with van der Waals surface area (Å²) in [7, 11) is 0. The summed E-state index contributed by atoms with van der Waals surface area (Å²) in [6, 6.07) is 0. The van der Waals surface area contributed by atoms with Crippen molar-refractivity contribution < 1.29 is 0 Å². The molecule has 2 heterocycles. The first-order valence-corrected chi connectivity index (χ1v) is 6.18. The largest absolute Gasteiger partial charge is 0.241 e.